The first-order chi connectivity index (χ1) is 11.3. The molecule has 0 aliphatic carbocycles. The molecule has 4 rings (SSSR count). The molecular weight excluding hydrogens is 288 g/mol. The molecule has 1 aromatic heterocycles. The fourth-order valence-corrected chi connectivity index (χ4v) is 3.12. The highest BCUT2D eigenvalue weighted by molar-refractivity contribution is 5.98. The van der Waals surface area contributed by atoms with Crippen LogP contribution in [0, 0.1) is 0 Å². The molecule has 2 heterocycles. The number of nitrogens with one attached hydrogen (secondary N) is 1. The molecule has 0 atom stereocenters. The average molecular weight is 308 g/mol. The summed E-state index contributed by atoms with van der Waals surface area (Å²) in [4.78, 5) is 2.42. The number of rotatable bonds is 3. The highest BCUT2D eigenvalue weighted by Gasteiger charge is 2.13. The highest BCUT2D eigenvalue weighted by atomic mass is 16.5. The molecule has 1 saturated heterocycles. The Balaban J connectivity index is 1.66. The molecular formula is C18H20N4O. The zero-order valence-corrected chi connectivity index (χ0v) is 13.0. The average Bonchev–Trinajstić information content (AvgIpc) is 3.02. The number of aromatic amines is 1. The van der Waals surface area contributed by atoms with Gasteiger partial charge in [-0.15, -0.1) is 0 Å². The number of nitrogens with zero attached hydrogens (tertiary/aromatic N) is 2. The van der Waals surface area contributed by atoms with Gasteiger partial charge < -0.3 is 10.5 Å². The third-order valence-electron chi connectivity index (χ3n) is 4.34. The molecule has 2 aromatic carbocycles. The lowest BCUT2D eigenvalue weighted by atomic mass is 10.0. The summed E-state index contributed by atoms with van der Waals surface area (Å²) in [5, 5.41) is 8.59. The molecule has 118 valence electrons. The Labute approximate surface area is 135 Å². The van der Waals surface area contributed by atoms with Gasteiger partial charge in [-0.25, -0.2) is 0 Å². The maximum absolute atomic E-state index is 6.01. The fourth-order valence-electron chi connectivity index (χ4n) is 3.12. The van der Waals surface area contributed by atoms with Gasteiger partial charge >= 0.3 is 0 Å². The second-order valence-corrected chi connectivity index (χ2v) is 5.93. The quantitative estimate of drug-likeness (QED) is 0.730. The normalized spacial score (nSPS) is 16.0. The number of hydrogen-bond acceptors (Lipinski definition) is 4. The minimum atomic E-state index is 0.728. The molecule has 3 aromatic rings. The lowest BCUT2D eigenvalue weighted by Gasteiger charge is -2.26. The van der Waals surface area contributed by atoms with E-state index in [1.807, 2.05) is 12.1 Å². The van der Waals surface area contributed by atoms with Gasteiger partial charge in [0.15, 0.2) is 0 Å². The number of H-pyrrole nitrogens is 1. The summed E-state index contributed by atoms with van der Waals surface area (Å²) in [6.07, 6.45) is 0. The van der Waals surface area contributed by atoms with Crippen molar-refractivity contribution in [2.24, 2.45) is 0 Å². The van der Waals surface area contributed by atoms with Crippen molar-refractivity contribution in [2.45, 2.75) is 6.54 Å². The second kappa shape index (κ2) is 6.02. The van der Waals surface area contributed by atoms with E-state index in [9.17, 15) is 0 Å². The number of para-hydroxylation sites is 1. The van der Waals surface area contributed by atoms with Crippen LogP contribution in [0.5, 0.6) is 0 Å². The Morgan fingerprint density at radius 3 is 2.83 bits per heavy atom. The van der Waals surface area contributed by atoms with E-state index in [4.69, 9.17) is 10.5 Å². The standard InChI is InChI=1S/C18H20N4O/c19-16-6-2-5-15-17(20-21-18(15)16)14-4-1-3-13(11-14)12-22-7-9-23-10-8-22/h1-6,11H,7-10,12,19H2,(H,20,21). The molecule has 3 N–H and O–H groups in total. The molecule has 1 aliphatic heterocycles. The van der Waals surface area contributed by atoms with Crippen LogP contribution in [0.4, 0.5) is 5.69 Å². The van der Waals surface area contributed by atoms with Gasteiger partial charge in [-0.1, -0.05) is 30.3 Å². The minimum Gasteiger partial charge on any atom is -0.397 e. The third-order valence-corrected chi connectivity index (χ3v) is 4.34. The lowest BCUT2D eigenvalue weighted by molar-refractivity contribution is 0.0342. The number of benzene rings is 2. The third kappa shape index (κ3) is 2.81. The molecule has 0 spiro atoms. The van der Waals surface area contributed by atoms with Crippen molar-refractivity contribution in [2.75, 3.05) is 32.0 Å². The van der Waals surface area contributed by atoms with Crippen molar-refractivity contribution in [3.05, 3.63) is 48.0 Å². The van der Waals surface area contributed by atoms with Crippen LogP contribution in [-0.4, -0.2) is 41.4 Å². The summed E-state index contributed by atoms with van der Waals surface area (Å²) in [7, 11) is 0. The van der Waals surface area contributed by atoms with Crippen LogP contribution in [0.1, 0.15) is 5.56 Å². The number of aromatic nitrogens is 2. The van der Waals surface area contributed by atoms with E-state index < -0.39 is 0 Å². The molecule has 0 bridgehead atoms. The van der Waals surface area contributed by atoms with E-state index in [2.05, 4.69) is 45.4 Å². The molecule has 5 heteroatoms. The van der Waals surface area contributed by atoms with Crippen LogP contribution in [-0.2, 0) is 11.3 Å². The predicted molar refractivity (Wildman–Crippen MR) is 92.0 cm³/mol. The van der Waals surface area contributed by atoms with Gasteiger partial charge in [0.1, 0.15) is 0 Å². The molecule has 5 nitrogen and oxygen atoms in total. The fraction of sp³-hybridized carbons (Fsp3) is 0.278. The van der Waals surface area contributed by atoms with Gasteiger partial charge in [0.2, 0.25) is 0 Å². The molecule has 0 amide bonds. The van der Waals surface area contributed by atoms with Crippen molar-refractivity contribution in [1.29, 1.82) is 0 Å². The minimum absolute atomic E-state index is 0.728. The summed E-state index contributed by atoms with van der Waals surface area (Å²) in [5.74, 6) is 0. The smallest absolute Gasteiger partial charge is 0.1000 e. The maximum Gasteiger partial charge on any atom is 0.1000 e. The number of nitrogens with two attached hydrogens (primary N) is 1. The Morgan fingerprint density at radius 1 is 1.13 bits per heavy atom. The van der Waals surface area contributed by atoms with Crippen molar-refractivity contribution in [1.82, 2.24) is 15.1 Å². The summed E-state index contributed by atoms with van der Waals surface area (Å²) < 4.78 is 5.41. The maximum atomic E-state index is 6.01. The number of fused-ring (bicyclic) bond motifs is 1. The van der Waals surface area contributed by atoms with E-state index in [0.717, 1.165) is 60.7 Å². The summed E-state index contributed by atoms with van der Waals surface area (Å²) in [6, 6.07) is 14.5. The molecule has 1 aliphatic rings. The van der Waals surface area contributed by atoms with Crippen molar-refractivity contribution < 1.29 is 4.74 Å². The lowest BCUT2D eigenvalue weighted by Crippen LogP contribution is -2.35. The SMILES string of the molecule is Nc1cccc2c(-c3cccc(CN4CCOCC4)c3)n[nH]c12. The van der Waals surface area contributed by atoms with Crippen LogP contribution >= 0.6 is 0 Å². The Bertz CT molecular complexity index is 821. The molecule has 1 fully saturated rings. The molecule has 0 radical (unpaired) electrons. The van der Waals surface area contributed by atoms with Crippen LogP contribution in [0.15, 0.2) is 42.5 Å². The molecule has 23 heavy (non-hydrogen) atoms. The Kier molecular flexibility index (Phi) is 3.73. The first-order valence-corrected chi connectivity index (χ1v) is 7.93. The van der Waals surface area contributed by atoms with E-state index in [1.54, 1.807) is 0 Å². The molecule has 0 unspecified atom stereocenters. The van der Waals surface area contributed by atoms with Gasteiger partial charge in [-0.2, -0.15) is 5.10 Å². The number of morpholine rings is 1. The van der Waals surface area contributed by atoms with E-state index in [-0.39, 0.29) is 0 Å². The van der Waals surface area contributed by atoms with Crippen LogP contribution < -0.4 is 5.73 Å². The first-order valence-electron chi connectivity index (χ1n) is 7.93. The van der Waals surface area contributed by atoms with E-state index in [1.165, 1.54) is 5.56 Å². The predicted octanol–water partition coefficient (Wildman–Crippen LogP) is 2.64. The topological polar surface area (TPSA) is 67.2 Å². The largest absolute Gasteiger partial charge is 0.397 e. The highest BCUT2D eigenvalue weighted by Crippen LogP contribution is 2.29. The monoisotopic (exact) mass is 308 g/mol. The van der Waals surface area contributed by atoms with Gasteiger partial charge in [-0.05, 0) is 17.7 Å². The van der Waals surface area contributed by atoms with E-state index in [0.29, 0.717) is 0 Å². The van der Waals surface area contributed by atoms with Crippen molar-refractivity contribution >= 4 is 16.6 Å². The zero-order valence-electron chi connectivity index (χ0n) is 13.0. The second-order valence-electron chi connectivity index (χ2n) is 5.93. The van der Waals surface area contributed by atoms with Crippen molar-refractivity contribution in [3.63, 3.8) is 0 Å². The van der Waals surface area contributed by atoms with Gasteiger partial charge in [0.25, 0.3) is 0 Å². The van der Waals surface area contributed by atoms with E-state index >= 15 is 0 Å². The van der Waals surface area contributed by atoms with Crippen LogP contribution in [0.2, 0.25) is 0 Å². The first kappa shape index (κ1) is 14.2. The van der Waals surface area contributed by atoms with Crippen LogP contribution in [0.25, 0.3) is 22.2 Å². The summed E-state index contributed by atoms with van der Waals surface area (Å²) in [6.45, 7) is 4.58. The number of hydrogen-bond donors (Lipinski definition) is 2. The van der Waals surface area contributed by atoms with Gasteiger partial charge in [0.05, 0.1) is 30.1 Å². The van der Waals surface area contributed by atoms with Crippen LogP contribution in [0.3, 0.4) is 0 Å². The Hall–Kier alpha value is -2.37. The summed E-state index contributed by atoms with van der Waals surface area (Å²) >= 11 is 0. The van der Waals surface area contributed by atoms with Gasteiger partial charge in [0, 0.05) is 30.6 Å². The van der Waals surface area contributed by atoms with Gasteiger partial charge in [-0.3, -0.25) is 10.00 Å². The number of nitrogen functional groups attached to an aromatic ring is 1. The zero-order chi connectivity index (χ0) is 15.6. The Morgan fingerprint density at radius 2 is 1.96 bits per heavy atom. The molecule has 0 saturated carbocycles. The summed E-state index contributed by atoms with van der Waals surface area (Å²) in [5.41, 5.74) is 11.0. The number of anilines is 1. The van der Waals surface area contributed by atoms with Crippen molar-refractivity contribution in [3.8, 4) is 11.3 Å². The number of ether oxygens (including phenoxy) is 1.